The molecule has 0 aliphatic heterocycles. The molecule has 0 saturated heterocycles. The third-order valence-corrected chi connectivity index (χ3v) is 2.97. The Bertz CT molecular complexity index is 442. The second-order valence-electron chi connectivity index (χ2n) is 4.29. The van der Waals surface area contributed by atoms with E-state index in [0.717, 1.165) is 6.42 Å². The second kappa shape index (κ2) is 8.55. The molecule has 5 nitrogen and oxygen atoms in total. The molecule has 1 rings (SSSR count). The van der Waals surface area contributed by atoms with Crippen molar-refractivity contribution in [2.45, 2.75) is 13.3 Å². The third kappa shape index (κ3) is 5.19. The van der Waals surface area contributed by atoms with Crippen LogP contribution in [0.4, 0.5) is 0 Å². The summed E-state index contributed by atoms with van der Waals surface area (Å²) < 4.78 is 0. The zero-order valence-electron chi connectivity index (χ0n) is 11.4. The Hall–Kier alpha value is -1.59. The van der Waals surface area contributed by atoms with Crippen molar-refractivity contribution in [2.24, 2.45) is 0 Å². The van der Waals surface area contributed by atoms with Gasteiger partial charge in [-0.3, -0.25) is 9.59 Å². The van der Waals surface area contributed by atoms with Gasteiger partial charge in [0.15, 0.2) is 0 Å². The fraction of sp³-hybridized carbons (Fsp3) is 0.429. The summed E-state index contributed by atoms with van der Waals surface area (Å²) in [7, 11) is 0. The van der Waals surface area contributed by atoms with E-state index in [1.165, 1.54) is 4.90 Å². The predicted molar refractivity (Wildman–Crippen MR) is 77.7 cm³/mol. The van der Waals surface area contributed by atoms with E-state index >= 15 is 0 Å². The standard InChI is InChI=1S/C14H19ClN2O3/c1-2-7-17(8-9-18)13(19)10-16-14(20)11-3-5-12(15)6-4-11/h3-6,18H,2,7-10H2,1H3,(H,16,20). The van der Waals surface area contributed by atoms with Crippen LogP contribution < -0.4 is 5.32 Å². The number of carbonyl (C=O) groups excluding carboxylic acids is 2. The Kier molecular flexibility index (Phi) is 7.04. The Morgan fingerprint density at radius 1 is 1.25 bits per heavy atom. The molecule has 0 aliphatic carbocycles. The van der Waals surface area contributed by atoms with Crippen LogP contribution in [0, 0.1) is 0 Å². The van der Waals surface area contributed by atoms with Gasteiger partial charge in [-0.1, -0.05) is 18.5 Å². The summed E-state index contributed by atoms with van der Waals surface area (Å²) in [6, 6.07) is 6.43. The monoisotopic (exact) mass is 298 g/mol. The van der Waals surface area contributed by atoms with Crippen molar-refractivity contribution in [1.29, 1.82) is 0 Å². The number of nitrogens with zero attached hydrogens (tertiary/aromatic N) is 1. The molecule has 0 aromatic heterocycles. The van der Waals surface area contributed by atoms with Gasteiger partial charge in [-0.2, -0.15) is 0 Å². The minimum absolute atomic E-state index is 0.0819. The summed E-state index contributed by atoms with van der Waals surface area (Å²) in [6.07, 6.45) is 0.802. The molecule has 20 heavy (non-hydrogen) atoms. The lowest BCUT2D eigenvalue weighted by molar-refractivity contribution is -0.130. The SMILES string of the molecule is CCCN(CCO)C(=O)CNC(=O)c1ccc(Cl)cc1. The summed E-state index contributed by atoms with van der Waals surface area (Å²) in [5, 5.41) is 12.0. The van der Waals surface area contributed by atoms with E-state index < -0.39 is 0 Å². The number of nitrogens with one attached hydrogen (secondary N) is 1. The highest BCUT2D eigenvalue weighted by atomic mass is 35.5. The van der Waals surface area contributed by atoms with Crippen molar-refractivity contribution in [2.75, 3.05) is 26.2 Å². The molecule has 0 spiro atoms. The number of hydrogen-bond acceptors (Lipinski definition) is 3. The first-order valence-electron chi connectivity index (χ1n) is 6.51. The highest BCUT2D eigenvalue weighted by molar-refractivity contribution is 6.30. The number of rotatable bonds is 7. The summed E-state index contributed by atoms with van der Waals surface area (Å²) in [6.45, 7) is 2.63. The number of aliphatic hydroxyl groups excluding tert-OH is 1. The quantitative estimate of drug-likeness (QED) is 0.797. The average Bonchev–Trinajstić information content (AvgIpc) is 2.45. The molecule has 2 N–H and O–H groups in total. The topological polar surface area (TPSA) is 69.6 Å². The minimum Gasteiger partial charge on any atom is -0.395 e. The molecule has 0 unspecified atom stereocenters. The van der Waals surface area contributed by atoms with Crippen molar-refractivity contribution < 1.29 is 14.7 Å². The van der Waals surface area contributed by atoms with E-state index in [1.54, 1.807) is 24.3 Å². The lowest BCUT2D eigenvalue weighted by Crippen LogP contribution is -2.41. The molecule has 0 radical (unpaired) electrons. The number of aliphatic hydroxyl groups is 1. The predicted octanol–water partition coefficient (Wildman–Crippen LogP) is 1.30. The minimum atomic E-state index is -0.324. The van der Waals surface area contributed by atoms with Crippen molar-refractivity contribution in [3.05, 3.63) is 34.9 Å². The first-order chi connectivity index (χ1) is 9.58. The van der Waals surface area contributed by atoms with Crippen molar-refractivity contribution in [1.82, 2.24) is 10.2 Å². The maximum atomic E-state index is 11.9. The Morgan fingerprint density at radius 3 is 2.45 bits per heavy atom. The largest absolute Gasteiger partial charge is 0.395 e. The maximum Gasteiger partial charge on any atom is 0.251 e. The Labute approximate surface area is 123 Å². The van der Waals surface area contributed by atoms with Gasteiger partial charge < -0.3 is 15.3 Å². The van der Waals surface area contributed by atoms with Gasteiger partial charge >= 0.3 is 0 Å². The molecular formula is C14H19ClN2O3. The van der Waals surface area contributed by atoms with Crippen LogP contribution in [0.2, 0.25) is 5.02 Å². The van der Waals surface area contributed by atoms with Crippen LogP contribution in [0.5, 0.6) is 0 Å². The molecule has 0 aliphatic rings. The van der Waals surface area contributed by atoms with Gasteiger partial charge in [0, 0.05) is 23.7 Å². The molecule has 0 atom stereocenters. The van der Waals surface area contributed by atoms with Crippen molar-refractivity contribution in [3.63, 3.8) is 0 Å². The zero-order valence-corrected chi connectivity index (χ0v) is 12.2. The average molecular weight is 299 g/mol. The molecule has 6 heteroatoms. The van der Waals surface area contributed by atoms with E-state index in [0.29, 0.717) is 17.1 Å². The van der Waals surface area contributed by atoms with E-state index in [-0.39, 0.29) is 31.5 Å². The highest BCUT2D eigenvalue weighted by Gasteiger charge is 2.13. The number of hydrogen-bond donors (Lipinski definition) is 2. The first kappa shape index (κ1) is 16.5. The maximum absolute atomic E-state index is 11.9. The van der Waals surface area contributed by atoms with Crippen LogP contribution in [0.1, 0.15) is 23.7 Å². The van der Waals surface area contributed by atoms with Crippen LogP contribution in [-0.2, 0) is 4.79 Å². The second-order valence-corrected chi connectivity index (χ2v) is 4.73. The first-order valence-corrected chi connectivity index (χ1v) is 6.88. The number of benzene rings is 1. The molecule has 1 aromatic rings. The van der Waals surface area contributed by atoms with E-state index in [4.69, 9.17) is 16.7 Å². The van der Waals surface area contributed by atoms with Crippen LogP contribution in [-0.4, -0.2) is 48.1 Å². The van der Waals surface area contributed by atoms with E-state index in [2.05, 4.69) is 5.32 Å². The summed E-state index contributed by atoms with van der Waals surface area (Å²) >= 11 is 5.74. The van der Waals surface area contributed by atoms with Gasteiger partial charge in [0.1, 0.15) is 0 Å². The van der Waals surface area contributed by atoms with E-state index in [9.17, 15) is 9.59 Å². The van der Waals surface area contributed by atoms with E-state index in [1.807, 2.05) is 6.92 Å². The fourth-order valence-electron chi connectivity index (χ4n) is 1.72. The summed E-state index contributed by atoms with van der Waals surface area (Å²) in [5.41, 5.74) is 0.450. The van der Waals surface area contributed by atoms with Crippen LogP contribution >= 0.6 is 11.6 Å². The van der Waals surface area contributed by atoms with Crippen LogP contribution in [0.3, 0.4) is 0 Å². The summed E-state index contributed by atoms with van der Waals surface area (Å²) in [5.74, 6) is -0.529. The molecule has 0 bridgehead atoms. The highest BCUT2D eigenvalue weighted by Crippen LogP contribution is 2.09. The lowest BCUT2D eigenvalue weighted by Gasteiger charge is -2.21. The van der Waals surface area contributed by atoms with Crippen LogP contribution in [0.15, 0.2) is 24.3 Å². The van der Waals surface area contributed by atoms with Gasteiger partial charge in [0.05, 0.1) is 13.2 Å². The van der Waals surface area contributed by atoms with Gasteiger partial charge in [-0.15, -0.1) is 0 Å². The fourth-order valence-corrected chi connectivity index (χ4v) is 1.85. The number of halogens is 1. The molecule has 1 aromatic carbocycles. The number of amides is 2. The Morgan fingerprint density at radius 2 is 1.90 bits per heavy atom. The third-order valence-electron chi connectivity index (χ3n) is 2.72. The number of carbonyl (C=O) groups is 2. The molecule has 0 saturated carbocycles. The normalized spacial score (nSPS) is 10.2. The molecule has 0 fully saturated rings. The zero-order chi connectivity index (χ0) is 15.0. The van der Waals surface area contributed by atoms with Gasteiger partial charge in [0.2, 0.25) is 5.91 Å². The molecule has 2 amide bonds. The van der Waals surface area contributed by atoms with Gasteiger partial charge in [-0.05, 0) is 30.7 Å². The van der Waals surface area contributed by atoms with Crippen molar-refractivity contribution >= 4 is 23.4 Å². The van der Waals surface area contributed by atoms with Crippen molar-refractivity contribution in [3.8, 4) is 0 Å². The smallest absolute Gasteiger partial charge is 0.251 e. The Balaban J connectivity index is 2.50. The van der Waals surface area contributed by atoms with Gasteiger partial charge in [-0.25, -0.2) is 0 Å². The molecule has 110 valence electrons. The van der Waals surface area contributed by atoms with Crippen LogP contribution in [0.25, 0.3) is 0 Å². The molecule has 0 heterocycles. The molecular weight excluding hydrogens is 280 g/mol. The summed E-state index contributed by atoms with van der Waals surface area (Å²) in [4.78, 5) is 25.2. The van der Waals surface area contributed by atoms with Gasteiger partial charge in [0.25, 0.3) is 5.91 Å². The lowest BCUT2D eigenvalue weighted by atomic mass is 10.2.